The SMILES string of the molecule is c1ccc(-c2ccc(-c3nc(-c4ccccc4)nc(-c4ccc(C5(c6ccccc6)c6ccccc6Oc6ccccc65)cc4)n3)cc2)cc1. The van der Waals surface area contributed by atoms with E-state index in [0.717, 1.165) is 50.4 Å². The number of rotatable bonds is 6. The maximum absolute atomic E-state index is 6.48. The Kier molecular flexibility index (Phi) is 7.33. The van der Waals surface area contributed by atoms with Crippen molar-refractivity contribution in [2.45, 2.75) is 5.41 Å². The minimum absolute atomic E-state index is 0.592. The maximum Gasteiger partial charge on any atom is 0.164 e. The van der Waals surface area contributed by atoms with Crippen molar-refractivity contribution >= 4 is 0 Å². The van der Waals surface area contributed by atoms with Crippen LogP contribution in [0.2, 0.25) is 0 Å². The number of fused-ring (bicyclic) bond motifs is 2. The summed E-state index contributed by atoms with van der Waals surface area (Å²) in [5.41, 5.74) is 9.01. The third kappa shape index (κ3) is 5.06. The molecule has 0 aliphatic carbocycles. The Morgan fingerprint density at radius 1 is 0.300 bits per heavy atom. The van der Waals surface area contributed by atoms with E-state index in [9.17, 15) is 0 Å². The number of benzene rings is 7. The molecule has 0 amide bonds. The van der Waals surface area contributed by atoms with Gasteiger partial charge in [0.15, 0.2) is 17.5 Å². The zero-order valence-corrected chi connectivity index (χ0v) is 27.1. The molecule has 0 saturated carbocycles. The van der Waals surface area contributed by atoms with Crippen LogP contribution >= 0.6 is 0 Å². The van der Waals surface area contributed by atoms with Gasteiger partial charge in [0.25, 0.3) is 0 Å². The van der Waals surface area contributed by atoms with E-state index in [4.69, 9.17) is 19.7 Å². The molecule has 1 aliphatic rings. The van der Waals surface area contributed by atoms with E-state index in [1.165, 1.54) is 11.1 Å². The average Bonchev–Trinajstić information content (AvgIpc) is 3.21. The second kappa shape index (κ2) is 12.4. The predicted octanol–water partition coefficient (Wildman–Crippen LogP) is 11.0. The van der Waals surface area contributed by atoms with Crippen molar-refractivity contribution in [2.24, 2.45) is 0 Å². The van der Waals surface area contributed by atoms with Gasteiger partial charge < -0.3 is 4.74 Å². The molecule has 0 atom stereocenters. The zero-order valence-electron chi connectivity index (χ0n) is 27.1. The highest BCUT2D eigenvalue weighted by Gasteiger charge is 2.45. The van der Waals surface area contributed by atoms with Gasteiger partial charge in [-0.25, -0.2) is 15.0 Å². The number of para-hydroxylation sites is 2. The number of hydrogen-bond acceptors (Lipinski definition) is 4. The Balaban J connectivity index is 1.19. The standard InChI is InChI=1S/C46H31N3O/c1-4-14-32(15-5-1)33-24-26-35(27-25-33)44-47-43(34-16-6-2-7-17-34)48-45(49-44)36-28-30-38(31-29-36)46(37-18-8-3-9-19-37)39-20-10-12-22-41(39)50-42-23-13-11-21-40(42)46/h1-31H. The van der Waals surface area contributed by atoms with Crippen molar-refractivity contribution in [3.05, 3.63) is 210 Å². The van der Waals surface area contributed by atoms with Gasteiger partial charge in [-0.2, -0.15) is 0 Å². The van der Waals surface area contributed by atoms with Gasteiger partial charge in [-0.15, -0.1) is 0 Å². The molecule has 4 nitrogen and oxygen atoms in total. The van der Waals surface area contributed by atoms with Gasteiger partial charge in [0.2, 0.25) is 0 Å². The predicted molar refractivity (Wildman–Crippen MR) is 200 cm³/mol. The lowest BCUT2D eigenvalue weighted by Crippen LogP contribution is -2.34. The van der Waals surface area contributed by atoms with Crippen LogP contribution in [0, 0.1) is 0 Å². The summed E-state index contributed by atoms with van der Waals surface area (Å²) in [7, 11) is 0. The van der Waals surface area contributed by atoms with Gasteiger partial charge in [-0.1, -0.05) is 176 Å². The van der Waals surface area contributed by atoms with Crippen LogP contribution in [0.1, 0.15) is 22.3 Å². The molecule has 2 heterocycles. The molecule has 8 aromatic rings. The highest BCUT2D eigenvalue weighted by molar-refractivity contribution is 5.73. The van der Waals surface area contributed by atoms with Crippen molar-refractivity contribution in [3.63, 3.8) is 0 Å². The molecule has 0 spiro atoms. The van der Waals surface area contributed by atoms with Crippen molar-refractivity contribution in [3.8, 4) is 56.8 Å². The zero-order chi connectivity index (χ0) is 33.3. The lowest BCUT2D eigenvalue weighted by Gasteiger charge is -2.41. The summed E-state index contributed by atoms with van der Waals surface area (Å²) in [5, 5.41) is 0. The summed E-state index contributed by atoms with van der Waals surface area (Å²) >= 11 is 0. The summed E-state index contributed by atoms with van der Waals surface area (Å²) < 4.78 is 6.48. The minimum Gasteiger partial charge on any atom is -0.457 e. The van der Waals surface area contributed by atoms with E-state index in [2.05, 4.69) is 140 Å². The molecule has 0 radical (unpaired) electrons. The maximum atomic E-state index is 6.48. The van der Waals surface area contributed by atoms with Crippen LogP contribution in [0.4, 0.5) is 0 Å². The van der Waals surface area contributed by atoms with Crippen LogP contribution in [0.5, 0.6) is 11.5 Å². The van der Waals surface area contributed by atoms with E-state index in [-0.39, 0.29) is 0 Å². The summed E-state index contributed by atoms with van der Waals surface area (Å²) in [4.78, 5) is 15.0. The van der Waals surface area contributed by atoms with Crippen LogP contribution in [0.3, 0.4) is 0 Å². The molecular formula is C46H31N3O. The summed E-state index contributed by atoms with van der Waals surface area (Å²) in [5.74, 6) is 3.59. The van der Waals surface area contributed by atoms with E-state index in [1.54, 1.807) is 0 Å². The van der Waals surface area contributed by atoms with Crippen LogP contribution in [-0.2, 0) is 5.41 Å². The molecule has 50 heavy (non-hydrogen) atoms. The molecule has 0 unspecified atom stereocenters. The summed E-state index contributed by atoms with van der Waals surface area (Å²) in [6.07, 6.45) is 0. The number of hydrogen-bond donors (Lipinski definition) is 0. The minimum atomic E-state index is -0.592. The van der Waals surface area contributed by atoms with Gasteiger partial charge in [-0.3, -0.25) is 0 Å². The van der Waals surface area contributed by atoms with Gasteiger partial charge in [0, 0.05) is 27.8 Å². The second-order valence-electron chi connectivity index (χ2n) is 12.4. The lowest BCUT2D eigenvalue weighted by atomic mass is 9.63. The highest BCUT2D eigenvalue weighted by atomic mass is 16.5. The number of ether oxygens (including phenoxy) is 1. The molecule has 1 aliphatic heterocycles. The van der Waals surface area contributed by atoms with Crippen LogP contribution in [0.15, 0.2) is 188 Å². The molecule has 0 fully saturated rings. The number of nitrogens with zero attached hydrogens (tertiary/aromatic N) is 3. The third-order valence-corrected chi connectivity index (χ3v) is 9.50. The quantitative estimate of drug-likeness (QED) is 0.181. The first-order valence-corrected chi connectivity index (χ1v) is 16.8. The van der Waals surface area contributed by atoms with Crippen molar-refractivity contribution in [2.75, 3.05) is 0 Å². The van der Waals surface area contributed by atoms with Crippen molar-refractivity contribution in [1.29, 1.82) is 0 Å². The Hall–Kier alpha value is -6.65. The van der Waals surface area contributed by atoms with Gasteiger partial charge in [0.1, 0.15) is 11.5 Å². The Morgan fingerprint density at radius 3 is 1.16 bits per heavy atom. The second-order valence-corrected chi connectivity index (χ2v) is 12.4. The molecule has 7 aromatic carbocycles. The largest absolute Gasteiger partial charge is 0.457 e. The van der Waals surface area contributed by atoms with E-state index in [0.29, 0.717) is 17.5 Å². The average molecular weight is 642 g/mol. The highest BCUT2D eigenvalue weighted by Crippen LogP contribution is 2.55. The Bertz CT molecular complexity index is 2380. The monoisotopic (exact) mass is 641 g/mol. The van der Waals surface area contributed by atoms with E-state index >= 15 is 0 Å². The number of aromatic nitrogens is 3. The summed E-state index contributed by atoms with van der Waals surface area (Å²) in [6.45, 7) is 0. The van der Waals surface area contributed by atoms with Crippen molar-refractivity contribution < 1.29 is 4.74 Å². The van der Waals surface area contributed by atoms with Crippen molar-refractivity contribution in [1.82, 2.24) is 15.0 Å². The fourth-order valence-electron chi connectivity index (χ4n) is 7.13. The molecule has 0 bridgehead atoms. The summed E-state index contributed by atoms with van der Waals surface area (Å²) in [6, 6.07) is 65.0. The lowest BCUT2D eigenvalue weighted by molar-refractivity contribution is 0.434. The molecular weight excluding hydrogens is 611 g/mol. The molecule has 0 N–H and O–H groups in total. The molecule has 1 aromatic heterocycles. The normalized spacial score (nSPS) is 12.7. The molecule has 236 valence electrons. The van der Waals surface area contributed by atoms with E-state index < -0.39 is 5.41 Å². The van der Waals surface area contributed by atoms with Crippen LogP contribution < -0.4 is 4.74 Å². The first-order valence-electron chi connectivity index (χ1n) is 16.8. The Labute approximate surface area is 291 Å². The van der Waals surface area contributed by atoms with Crippen LogP contribution in [-0.4, -0.2) is 15.0 Å². The molecule has 0 saturated heterocycles. The first kappa shape index (κ1) is 29.5. The van der Waals surface area contributed by atoms with Crippen LogP contribution in [0.25, 0.3) is 45.3 Å². The van der Waals surface area contributed by atoms with Gasteiger partial charge >= 0.3 is 0 Å². The van der Waals surface area contributed by atoms with E-state index in [1.807, 2.05) is 48.5 Å². The van der Waals surface area contributed by atoms with Gasteiger partial charge in [-0.05, 0) is 34.4 Å². The topological polar surface area (TPSA) is 47.9 Å². The molecule has 9 rings (SSSR count). The Morgan fingerprint density at radius 2 is 0.640 bits per heavy atom. The molecule has 4 heteroatoms. The van der Waals surface area contributed by atoms with Gasteiger partial charge in [0.05, 0.1) is 5.41 Å². The first-order chi connectivity index (χ1) is 24.8. The fraction of sp³-hybridized carbons (Fsp3) is 0.0217. The fourth-order valence-corrected chi connectivity index (χ4v) is 7.13. The smallest absolute Gasteiger partial charge is 0.164 e. The third-order valence-electron chi connectivity index (χ3n) is 9.50.